The summed E-state index contributed by atoms with van der Waals surface area (Å²) in [7, 11) is 3.62. The summed E-state index contributed by atoms with van der Waals surface area (Å²) in [6.45, 7) is 4.59. The van der Waals surface area contributed by atoms with Crippen LogP contribution in [0.25, 0.3) is 11.3 Å². The molecule has 0 saturated heterocycles. The van der Waals surface area contributed by atoms with E-state index in [1.807, 2.05) is 23.9 Å². The van der Waals surface area contributed by atoms with Gasteiger partial charge in [-0.05, 0) is 37.1 Å². The molecule has 1 heterocycles. The lowest BCUT2D eigenvalue weighted by molar-refractivity contribution is 0.415. The molecular formula is C14H19N3O. The summed E-state index contributed by atoms with van der Waals surface area (Å²) in [6.07, 6.45) is 0. The summed E-state index contributed by atoms with van der Waals surface area (Å²) in [5.41, 5.74) is 11.0. The Kier molecular flexibility index (Phi) is 3.39. The molecule has 0 atom stereocenters. The molecule has 0 unspecified atom stereocenters. The van der Waals surface area contributed by atoms with Gasteiger partial charge in [0.25, 0.3) is 0 Å². The first-order valence-corrected chi connectivity index (χ1v) is 5.95. The molecule has 0 fully saturated rings. The highest BCUT2D eigenvalue weighted by Gasteiger charge is 2.14. The second-order valence-corrected chi connectivity index (χ2v) is 4.51. The SMILES string of the molecule is COc1cc(C)cc(C)c1-c1cc(CN)nn1C. The summed E-state index contributed by atoms with van der Waals surface area (Å²) in [4.78, 5) is 0. The Bertz CT molecular complexity index is 573. The average Bonchev–Trinajstić information content (AvgIpc) is 2.69. The average molecular weight is 245 g/mol. The van der Waals surface area contributed by atoms with Crippen molar-refractivity contribution in [2.24, 2.45) is 12.8 Å². The zero-order valence-electron chi connectivity index (χ0n) is 11.3. The summed E-state index contributed by atoms with van der Waals surface area (Å²) in [5, 5.41) is 4.38. The second-order valence-electron chi connectivity index (χ2n) is 4.51. The molecule has 2 N–H and O–H groups in total. The first-order valence-electron chi connectivity index (χ1n) is 5.95. The molecular weight excluding hydrogens is 226 g/mol. The number of rotatable bonds is 3. The van der Waals surface area contributed by atoms with Gasteiger partial charge >= 0.3 is 0 Å². The highest BCUT2D eigenvalue weighted by Crippen LogP contribution is 2.34. The third kappa shape index (κ3) is 2.11. The summed E-state index contributed by atoms with van der Waals surface area (Å²) in [6, 6.07) is 6.20. The molecule has 1 aromatic carbocycles. The maximum absolute atomic E-state index is 5.64. The number of benzene rings is 1. The fourth-order valence-corrected chi connectivity index (χ4v) is 2.28. The van der Waals surface area contributed by atoms with Gasteiger partial charge in [0.05, 0.1) is 18.5 Å². The quantitative estimate of drug-likeness (QED) is 0.901. The highest BCUT2D eigenvalue weighted by atomic mass is 16.5. The summed E-state index contributed by atoms with van der Waals surface area (Å²) < 4.78 is 7.34. The maximum Gasteiger partial charge on any atom is 0.128 e. The van der Waals surface area contributed by atoms with Gasteiger partial charge in [0.1, 0.15) is 5.75 Å². The van der Waals surface area contributed by atoms with E-state index in [1.165, 1.54) is 11.1 Å². The molecule has 1 aromatic heterocycles. The molecule has 2 rings (SSSR count). The third-order valence-electron chi connectivity index (χ3n) is 3.06. The van der Waals surface area contributed by atoms with E-state index >= 15 is 0 Å². The third-order valence-corrected chi connectivity index (χ3v) is 3.06. The molecule has 0 saturated carbocycles. The fraction of sp³-hybridized carbons (Fsp3) is 0.357. The van der Waals surface area contributed by atoms with Crippen LogP contribution in [0.5, 0.6) is 5.75 Å². The molecule has 0 radical (unpaired) electrons. The second kappa shape index (κ2) is 4.82. The smallest absolute Gasteiger partial charge is 0.128 e. The Morgan fingerprint density at radius 2 is 2.00 bits per heavy atom. The summed E-state index contributed by atoms with van der Waals surface area (Å²) >= 11 is 0. The lowest BCUT2D eigenvalue weighted by Crippen LogP contribution is -2.00. The molecule has 4 heteroatoms. The molecule has 0 bridgehead atoms. The van der Waals surface area contributed by atoms with Crippen molar-refractivity contribution in [2.45, 2.75) is 20.4 Å². The Morgan fingerprint density at radius 1 is 1.28 bits per heavy atom. The zero-order chi connectivity index (χ0) is 13.3. The van der Waals surface area contributed by atoms with Crippen molar-refractivity contribution in [3.63, 3.8) is 0 Å². The lowest BCUT2D eigenvalue weighted by atomic mass is 10.0. The number of methoxy groups -OCH3 is 1. The minimum atomic E-state index is 0.446. The minimum absolute atomic E-state index is 0.446. The van der Waals surface area contributed by atoms with Gasteiger partial charge in [-0.1, -0.05) is 6.07 Å². The van der Waals surface area contributed by atoms with Gasteiger partial charge in [-0.2, -0.15) is 5.10 Å². The predicted molar refractivity (Wildman–Crippen MR) is 72.6 cm³/mol. The maximum atomic E-state index is 5.64. The Morgan fingerprint density at radius 3 is 2.56 bits per heavy atom. The van der Waals surface area contributed by atoms with Crippen LogP contribution in [0.15, 0.2) is 18.2 Å². The van der Waals surface area contributed by atoms with E-state index in [2.05, 4.69) is 25.0 Å². The Hall–Kier alpha value is -1.81. The molecule has 96 valence electrons. The largest absolute Gasteiger partial charge is 0.496 e. The van der Waals surface area contributed by atoms with Crippen LogP contribution in [0.1, 0.15) is 16.8 Å². The fourth-order valence-electron chi connectivity index (χ4n) is 2.28. The molecule has 2 aromatic rings. The molecule has 0 aliphatic carbocycles. The number of aryl methyl sites for hydroxylation is 3. The van der Waals surface area contributed by atoms with Crippen LogP contribution < -0.4 is 10.5 Å². The number of nitrogens with zero attached hydrogens (tertiary/aromatic N) is 2. The standard InChI is InChI=1S/C14H19N3O/c1-9-5-10(2)14(13(6-9)18-4)12-7-11(8-15)16-17(12)3/h5-7H,8,15H2,1-4H3. The van der Waals surface area contributed by atoms with Crippen LogP contribution in [0.3, 0.4) is 0 Å². The normalized spacial score (nSPS) is 10.7. The van der Waals surface area contributed by atoms with Gasteiger partial charge in [-0.3, -0.25) is 4.68 Å². The van der Waals surface area contributed by atoms with Crippen molar-refractivity contribution in [3.05, 3.63) is 35.0 Å². The first-order chi connectivity index (χ1) is 8.56. The highest BCUT2D eigenvalue weighted by molar-refractivity contribution is 5.72. The van der Waals surface area contributed by atoms with E-state index in [4.69, 9.17) is 10.5 Å². The van der Waals surface area contributed by atoms with E-state index in [1.54, 1.807) is 7.11 Å². The van der Waals surface area contributed by atoms with Crippen molar-refractivity contribution < 1.29 is 4.74 Å². The van der Waals surface area contributed by atoms with Crippen molar-refractivity contribution in [2.75, 3.05) is 7.11 Å². The molecule has 4 nitrogen and oxygen atoms in total. The van der Waals surface area contributed by atoms with E-state index in [0.717, 1.165) is 22.7 Å². The molecule has 0 amide bonds. The van der Waals surface area contributed by atoms with Crippen LogP contribution in [0.2, 0.25) is 0 Å². The van der Waals surface area contributed by atoms with E-state index in [0.29, 0.717) is 6.54 Å². The number of aromatic nitrogens is 2. The minimum Gasteiger partial charge on any atom is -0.496 e. The van der Waals surface area contributed by atoms with Crippen molar-refractivity contribution in [1.29, 1.82) is 0 Å². The molecule has 0 spiro atoms. The van der Waals surface area contributed by atoms with Crippen LogP contribution in [0, 0.1) is 13.8 Å². The number of nitrogens with two attached hydrogens (primary N) is 1. The van der Waals surface area contributed by atoms with Crippen molar-refractivity contribution in [3.8, 4) is 17.0 Å². The van der Waals surface area contributed by atoms with E-state index in [9.17, 15) is 0 Å². The lowest BCUT2D eigenvalue weighted by Gasteiger charge is -2.13. The first kappa shape index (κ1) is 12.6. The van der Waals surface area contributed by atoms with Crippen LogP contribution in [-0.2, 0) is 13.6 Å². The van der Waals surface area contributed by atoms with Crippen LogP contribution >= 0.6 is 0 Å². The number of hydrogen-bond donors (Lipinski definition) is 1. The van der Waals surface area contributed by atoms with Gasteiger partial charge in [0.15, 0.2) is 0 Å². The molecule has 0 aliphatic rings. The van der Waals surface area contributed by atoms with Crippen molar-refractivity contribution in [1.82, 2.24) is 9.78 Å². The van der Waals surface area contributed by atoms with Crippen LogP contribution in [-0.4, -0.2) is 16.9 Å². The van der Waals surface area contributed by atoms with Gasteiger partial charge in [-0.15, -0.1) is 0 Å². The summed E-state index contributed by atoms with van der Waals surface area (Å²) in [5.74, 6) is 0.874. The monoisotopic (exact) mass is 245 g/mol. The predicted octanol–water partition coefficient (Wildman–Crippen LogP) is 2.17. The Labute approximate surface area is 107 Å². The van der Waals surface area contributed by atoms with E-state index in [-0.39, 0.29) is 0 Å². The topological polar surface area (TPSA) is 53.1 Å². The number of ether oxygens (including phenoxy) is 1. The van der Waals surface area contributed by atoms with E-state index < -0.39 is 0 Å². The van der Waals surface area contributed by atoms with Gasteiger partial charge in [0, 0.05) is 19.2 Å². The Balaban J connectivity index is 2.65. The molecule has 18 heavy (non-hydrogen) atoms. The molecule has 0 aliphatic heterocycles. The zero-order valence-corrected chi connectivity index (χ0v) is 11.3. The van der Waals surface area contributed by atoms with Gasteiger partial charge < -0.3 is 10.5 Å². The van der Waals surface area contributed by atoms with Gasteiger partial charge in [-0.25, -0.2) is 0 Å². The van der Waals surface area contributed by atoms with Crippen molar-refractivity contribution >= 4 is 0 Å². The van der Waals surface area contributed by atoms with Gasteiger partial charge in [0.2, 0.25) is 0 Å². The number of hydrogen-bond acceptors (Lipinski definition) is 3. The van der Waals surface area contributed by atoms with Crippen LogP contribution in [0.4, 0.5) is 0 Å².